The van der Waals surface area contributed by atoms with Gasteiger partial charge in [0.2, 0.25) is 0 Å². The minimum atomic E-state index is 0.992. The Balaban J connectivity index is 0.000000433. The van der Waals surface area contributed by atoms with Crippen molar-refractivity contribution in [1.29, 1.82) is 0 Å². The third-order valence-electron chi connectivity index (χ3n) is 13.6. The Morgan fingerprint density at radius 2 is 0.861 bits per heavy atom. The fourth-order valence-electron chi connectivity index (χ4n) is 9.59. The minimum Gasteiger partial charge on any atom is -0.309 e. The number of fused-ring (bicyclic) bond motifs is 6. The maximum absolute atomic E-state index is 3.83. The Hall–Kier alpha value is -8.72. The van der Waals surface area contributed by atoms with Crippen LogP contribution in [0.5, 0.6) is 0 Å². The van der Waals surface area contributed by atoms with Gasteiger partial charge in [0.15, 0.2) is 0 Å². The van der Waals surface area contributed by atoms with Crippen LogP contribution in [-0.2, 0) is 0 Å². The van der Waals surface area contributed by atoms with Crippen LogP contribution in [0.25, 0.3) is 94.0 Å². The fraction of sp³-hybridized carbons (Fsp3) is 0.0857. The van der Waals surface area contributed by atoms with Crippen LogP contribution in [0.1, 0.15) is 56.4 Å². The van der Waals surface area contributed by atoms with Crippen molar-refractivity contribution in [3.05, 3.63) is 284 Å². The first-order valence-corrected chi connectivity index (χ1v) is 24.9. The third-order valence-corrected chi connectivity index (χ3v) is 13.6. The van der Waals surface area contributed by atoms with Crippen LogP contribution in [0.15, 0.2) is 262 Å². The van der Waals surface area contributed by atoms with Crippen molar-refractivity contribution in [1.82, 2.24) is 9.13 Å². The van der Waals surface area contributed by atoms with Gasteiger partial charge in [-0.1, -0.05) is 219 Å². The van der Waals surface area contributed by atoms with Crippen molar-refractivity contribution < 1.29 is 0 Å². The number of hydrogen-bond acceptors (Lipinski definition) is 0. The zero-order chi connectivity index (χ0) is 50.1. The van der Waals surface area contributed by atoms with E-state index in [0.29, 0.717) is 0 Å². The predicted molar refractivity (Wildman–Crippen MR) is 315 cm³/mol. The number of rotatable bonds is 10. The molecule has 2 heteroatoms. The molecular weight excluding hydrogens is 869 g/mol. The molecule has 0 aliphatic heterocycles. The molecule has 0 unspecified atom stereocenters. The van der Waals surface area contributed by atoms with Gasteiger partial charge in [0.05, 0.1) is 22.1 Å². The van der Waals surface area contributed by atoms with Crippen molar-refractivity contribution in [3.8, 4) is 33.6 Å². The maximum Gasteiger partial charge on any atom is 0.0541 e. The molecule has 2 aromatic heterocycles. The lowest BCUT2D eigenvalue weighted by atomic mass is 9.95. The van der Waals surface area contributed by atoms with Gasteiger partial charge in [-0.2, -0.15) is 0 Å². The Morgan fingerprint density at radius 1 is 0.417 bits per heavy atom. The number of allylic oxidation sites excluding steroid dienone is 7. The topological polar surface area (TPSA) is 9.86 Å². The van der Waals surface area contributed by atoms with Gasteiger partial charge in [0, 0.05) is 32.9 Å². The fourth-order valence-corrected chi connectivity index (χ4v) is 9.59. The van der Waals surface area contributed by atoms with Crippen LogP contribution in [0.3, 0.4) is 0 Å². The van der Waals surface area contributed by atoms with Crippen molar-refractivity contribution in [2.24, 2.45) is 0 Å². The molecule has 0 atom stereocenters. The molecule has 9 aromatic carbocycles. The highest BCUT2D eigenvalue weighted by atomic mass is 15.0. The highest BCUT2D eigenvalue weighted by Gasteiger charge is 2.16. The Kier molecular flexibility index (Phi) is 14.7. The van der Waals surface area contributed by atoms with E-state index >= 15 is 0 Å². The number of nitrogens with zero attached hydrogens (tertiary/aromatic N) is 2. The number of benzene rings is 9. The van der Waals surface area contributed by atoms with Crippen molar-refractivity contribution >= 4 is 60.3 Å². The number of aryl methyl sites for hydroxylation is 1. The molecule has 352 valence electrons. The van der Waals surface area contributed by atoms with E-state index < -0.39 is 0 Å². The van der Waals surface area contributed by atoms with Crippen LogP contribution in [0, 0.1) is 6.92 Å². The number of hydrogen-bond donors (Lipinski definition) is 0. The third kappa shape index (κ3) is 10.1. The SMILES string of the molecule is C=C(C)c1ccccc1.C=CC=C.CC/C(C)=C(/C=C(\C)c1ccccc1)c1cccc(-n2c3ccccc3c3cc(-c4ccc(-c5ccc6c(c5)c5ccccc5n6-c5ccc(C)cc5)cc4)ccc32)c1. The molecule has 0 N–H and O–H groups in total. The Labute approximate surface area is 426 Å². The highest BCUT2D eigenvalue weighted by Crippen LogP contribution is 2.38. The van der Waals surface area contributed by atoms with E-state index in [1.807, 2.05) is 25.1 Å². The predicted octanol–water partition coefficient (Wildman–Crippen LogP) is 19.9. The standard InChI is InChI=1S/C57H46N2.C9H10.C4H6/c1-5-39(3)51(34-40(4)41-14-7-6-8-15-41)46-16-13-17-48(35-46)59-55-21-12-10-19-50(55)53-37-45(29-33-57(53)59)43-26-24-42(25-27-43)44-28-32-56-52(36-44)49-18-9-11-20-54(49)58(56)47-30-22-38(2)23-31-47;1-8(2)9-6-4-3-5-7-9;1-3-4-2/h6-37H,5H2,1-4H3;3-7H,1H2,2H3;3-4H,1-2H2/b40-34+,51-39-;;. The molecule has 0 amide bonds. The lowest BCUT2D eigenvalue weighted by Crippen LogP contribution is -1.96. The number of para-hydroxylation sites is 2. The quantitative estimate of drug-likeness (QED) is 0.121. The summed E-state index contributed by atoms with van der Waals surface area (Å²) in [5, 5.41) is 5.04. The largest absolute Gasteiger partial charge is 0.309 e. The summed E-state index contributed by atoms with van der Waals surface area (Å²) in [7, 11) is 0. The second-order valence-corrected chi connectivity index (χ2v) is 18.5. The lowest BCUT2D eigenvalue weighted by molar-refractivity contribution is 1.10. The molecule has 11 aromatic rings. The molecule has 2 heterocycles. The van der Waals surface area contributed by atoms with Gasteiger partial charge in [-0.05, 0) is 145 Å². The average Bonchev–Trinajstić information content (AvgIpc) is 3.95. The molecule has 0 aliphatic rings. The molecular formula is C70H62N2. The summed E-state index contributed by atoms with van der Waals surface area (Å²) in [5.41, 5.74) is 22.1. The molecule has 0 aliphatic carbocycles. The van der Waals surface area contributed by atoms with Gasteiger partial charge in [-0.15, -0.1) is 0 Å². The number of aromatic nitrogens is 2. The molecule has 0 saturated carbocycles. The lowest BCUT2D eigenvalue weighted by Gasteiger charge is -2.14. The minimum absolute atomic E-state index is 0.992. The van der Waals surface area contributed by atoms with Gasteiger partial charge < -0.3 is 9.13 Å². The molecule has 2 nitrogen and oxygen atoms in total. The van der Waals surface area contributed by atoms with Crippen LogP contribution in [0.4, 0.5) is 0 Å². The maximum atomic E-state index is 3.83. The average molecular weight is 931 g/mol. The zero-order valence-corrected chi connectivity index (χ0v) is 42.2. The van der Waals surface area contributed by atoms with Crippen molar-refractivity contribution in [2.45, 2.75) is 41.0 Å². The molecule has 0 radical (unpaired) electrons. The van der Waals surface area contributed by atoms with E-state index in [-0.39, 0.29) is 0 Å². The highest BCUT2D eigenvalue weighted by molar-refractivity contribution is 6.12. The summed E-state index contributed by atoms with van der Waals surface area (Å²) >= 11 is 0. The summed E-state index contributed by atoms with van der Waals surface area (Å²) in [5.74, 6) is 0. The van der Waals surface area contributed by atoms with E-state index in [9.17, 15) is 0 Å². The monoisotopic (exact) mass is 930 g/mol. The molecule has 0 spiro atoms. The summed E-state index contributed by atoms with van der Waals surface area (Å²) in [4.78, 5) is 0. The van der Waals surface area contributed by atoms with Crippen LogP contribution < -0.4 is 0 Å². The first-order chi connectivity index (χ1) is 35.2. The van der Waals surface area contributed by atoms with Crippen LogP contribution in [0.2, 0.25) is 0 Å². The van der Waals surface area contributed by atoms with E-state index in [1.165, 1.54) is 111 Å². The van der Waals surface area contributed by atoms with Gasteiger partial charge in [0.1, 0.15) is 0 Å². The Bertz CT molecular complexity index is 3770. The van der Waals surface area contributed by atoms with Gasteiger partial charge >= 0.3 is 0 Å². The van der Waals surface area contributed by atoms with Gasteiger partial charge in [-0.25, -0.2) is 0 Å². The second-order valence-electron chi connectivity index (χ2n) is 18.5. The second kappa shape index (κ2) is 21.9. The van der Waals surface area contributed by atoms with Crippen molar-refractivity contribution in [2.75, 3.05) is 0 Å². The van der Waals surface area contributed by atoms with E-state index in [0.717, 1.165) is 17.7 Å². The first kappa shape index (κ1) is 48.3. The van der Waals surface area contributed by atoms with E-state index in [4.69, 9.17) is 0 Å². The van der Waals surface area contributed by atoms with Gasteiger partial charge in [-0.3, -0.25) is 0 Å². The summed E-state index contributed by atoms with van der Waals surface area (Å²) in [6.07, 6.45) is 6.63. The normalized spacial score (nSPS) is 11.7. The molecule has 0 bridgehead atoms. The zero-order valence-electron chi connectivity index (χ0n) is 42.2. The molecule has 0 fully saturated rings. The Morgan fingerprint density at radius 3 is 1.35 bits per heavy atom. The van der Waals surface area contributed by atoms with Crippen molar-refractivity contribution in [3.63, 3.8) is 0 Å². The summed E-state index contributed by atoms with van der Waals surface area (Å²) in [6.45, 7) is 21.4. The smallest absolute Gasteiger partial charge is 0.0541 e. The molecule has 0 saturated heterocycles. The van der Waals surface area contributed by atoms with Gasteiger partial charge in [0.25, 0.3) is 0 Å². The summed E-state index contributed by atoms with van der Waals surface area (Å²) < 4.78 is 4.81. The van der Waals surface area contributed by atoms with E-state index in [2.05, 4.69) is 263 Å². The van der Waals surface area contributed by atoms with Crippen LogP contribution in [-0.4, -0.2) is 9.13 Å². The van der Waals surface area contributed by atoms with Crippen LogP contribution >= 0.6 is 0 Å². The molecule has 72 heavy (non-hydrogen) atoms. The first-order valence-electron chi connectivity index (χ1n) is 24.9. The summed E-state index contributed by atoms with van der Waals surface area (Å²) in [6, 6.07) is 79.2. The molecule has 11 rings (SSSR count). The van der Waals surface area contributed by atoms with E-state index in [1.54, 1.807) is 12.2 Å².